The van der Waals surface area contributed by atoms with E-state index >= 15 is 0 Å². The number of benzene rings is 5. The molecule has 5 aromatic carbocycles. The van der Waals surface area contributed by atoms with Crippen LogP contribution in [0.4, 0.5) is 0 Å². The van der Waals surface area contributed by atoms with Crippen molar-refractivity contribution in [2.45, 2.75) is 36.8 Å². The maximum Gasteiger partial charge on any atom is 0.338 e. The third-order valence-electron chi connectivity index (χ3n) is 9.71. The molecule has 0 fully saturated rings. The second-order valence-electron chi connectivity index (χ2n) is 13.0. The summed E-state index contributed by atoms with van der Waals surface area (Å²) in [4.78, 5) is 13.8. The molecule has 0 aromatic heterocycles. The zero-order valence-corrected chi connectivity index (χ0v) is 29.5. The van der Waals surface area contributed by atoms with Crippen molar-refractivity contribution in [1.82, 2.24) is 0 Å². The largest absolute Gasteiger partial charge is 0.508 e. The van der Waals surface area contributed by atoms with E-state index < -0.39 is 65.1 Å². The fourth-order valence-electron chi connectivity index (χ4n) is 7.15. The predicted molar refractivity (Wildman–Crippen MR) is 191 cm³/mol. The van der Waals surface area contributed by atoms with Gasteiger partial charge in [0.25, 0.3) is 0 Å². The summed E-state index contributed by atoms with van der Waals surface area (Å²) < 4.78 is 34.8. The van der Waals surface area contributed by atoms with Crippen molar-refractivity contribution in [2.24, 2.45) is 0 Å². The molecule has 0 aliphatic carbocycles. The summed E-state index contributed by atoms with van der Waals surface area (Å²) in [6, 6.07) is 15.7. The minimum absolute atomic E-state index is 0.00385. The van der Waals surface area contributed by atoms with Crippen molar-refractivity contribution < 1.29 is 74.1 Å². The van der Waals surface area contributed by atoms with Crippen molar-refractivity contribution in [3.05, 3.63) is 106 Å². The lowest BCUT2D eigenvalue weighted by molar-refractivity contribution is -0.0210. The molecule has 2 heterocycles. The zero-order chi connectivity index (χ0) is 39.3. The van der Waals surface area contributed by atoms with Crippen LogP contribution in [-0.2, 0) is 11.2 Å². The summed E-state index contributed by atoms with van der Waals surface area (Å²) in [6.45, 7) is 0. The Bertz CT molecular complexity index is 2260. The van der Waals surface area contributed by atoms with Crippen LogP contribution in [0, 0.1) is 0 Å². The fourth-order valence-corrected chi connectivity index (χ4v) is 7.15. The molecule has 5 aromatic rings. The second-order valence-corrected chi connectivity index (χ2v) is 13.0. The first-order chi connectivity index (χ1) is 26.3. The fraction of sp³-hybridized carbons (Fsp3) is 0.225. The van der Waals surface area contributed by atoms with Gasteiger partial charge in [0.15, 0.2) is 35.2 Å². The lowest BCUT2D eigenvalue weighted by Crippen LogP contribution is -2.38. The van der Waals surface area contributed by atoms with Crippen LogP contribution in [0.15, 0.2) is 72.8 Å². The van der Waals surface area contributed by atoms with E-state index in [1.54, 1.807) is 0 Å². The van der Waals surface area contributed by atoms with Gasteiger partial charge in [0, 0.05) is 46.9 Å². The number of aliphatic hydroxyl groups is 1. The van der Waals surface area contributed by atoms with Crippen LogP contribution < -0.4 is 23.7 Å². The molecule has 1 unspecified atom stereocenters. The van der Waals surface area contributed by atoms with Crippen molar-refractivity contribution in [2.75, 3.05) is 21.3 Å². The minimum atomic E-state index is -1.57. The van der Waals surface area contributed by atoms with E-state index in [2.05, 4.69) is 0 Å². The average molecular weight is 757 g/mol. The van der Waals surface area contributed by atoms with Gasteiger partial charge in [-0.05, 0) is 42.0 Å². The second kappa shape index (κ2) is 14.2. The number of ether oxygens (including phenoxy) is 6. The molecule has 5 atom stereocenters. The first-order valence-corrected chi connectivity index (χ1v) is 16.8. The Hall–Kier alpha value is -6.87. The molecule has 2 aliphatic heterocycles. The highest BCUT2D eigenvalue weighted by Crippen LogP contribution is 2.57. The van der Waals surface area contributed by atoms with Crippen molar-refractivity contribution in [1.29, 1.82) is 0 Å². The average Bonchev–Trinajstić information content (AvgIpc) is 3.16. The van der Waals surface area contributed by atoms with Crippen LogP contribution in [0.25, 0.3) is 0 Å². The van der Waals surface area contributed by atoms with Crippen LogP contribution >= 0.6 is 0 Å². The van der Waals surface area contributed by atoms with Crippen LogP contribution in [0.5, 0.6) is 69.0 Å². The molecule has 0 saturated carbocycles. The van der Waals surface area contributed by atoms with Crippen LogP contribution in [0.1, 0.15) is 56.3 Å². The summed E-state index contributed by atoms with van der Waals surface area (Å²) >= 11 is 0. The predicted octanol–water partition coefficient (Wildman–Crippen LogP) is 5.18. The number of esters is 1. The lowest BCUT2D eigenvalue weighted by Gasteiger charge is -2.40. The number of hydrogen-bond donors (Lipinski definition) is 8. The Morgan fingerprint density at radius 3 is 1.93 bits per heavy atom. The highest BCUT2D eigenvalue weighted by molar-refractivity contribution is 5.91. The molecule has 15 heteroatoms. The van der Waals surface area contributed by atoms with Gasteiger partial charge in [0.05, 0.1) is 32.8 Å². The van der Waals surface area contributed by atoms with Crippen molar-refractivity contribution in [3.8, 4) is 69.0 Å². The summed E-state index contributed by atoms with van der Waals surface area (Å²) in [5.41, 5.74) is 0.533. The van der Waals surface area contributed by atoms with Gasteiger partial charge in [-0.3, -0.25) is 0 Å². The number of fused-ring (bicyclic) bond motifs is 2. The number of phenolic OH excluding ortho intramolecular Hbond substituents is 7. The maximum absolute atomic E-state index is 13.8. The molecule has 15 nitrogen and oxygen atoms in total. The summed E-state index contributed by atoms with van der Waals surface area (Å²) in [5.74, 6) is -4.67. The highest BCUT2D eigenvalue weighted by atomic mass is 16.6. The summed E-state index contributed by atoms with van der Waals surface area (Å²) in [7, 11) is 4.16. The normalized spacial score (nSPS) is 19.9. The summed E-state index contributed by atoms with van der Waals surface area (Å²) in [5, 5.41) is 87.0. The first-order valence-electron chi connectivity index (χ1n) is 16.8. The number of aromatic hydroxyl groups is 7. The van der Waals surface area contributed by atoms with Crippen LogP contribution in [-0.4, -0.2) is 80.4 Å². The lowest BCUT2D eigenvalue weighted by atomic mass is 9.77. The molecule has 0 amide bonds. The molecule has 2 aliphatic rings. The number of carbonyl (C=O) groups is 1. The standard InChI is InChI=1S/C40H36O15/c1-50-29-11-19(12-30(51-2)39(29)52-3)40(49)54-31-15-22-24(44)16-27(47)33(38(22)55-36(31)18-6-9-23(43)25(45)10-18)34-32-26(46)13-21(42)14-28(32)53-37(35(34)48)17-4-7-20(41)8-5-17/h4-14,16,31,34-37,41-48H,15H2,1-3H3/t31-,34?,35-,36-,37-/m1/s1. The van der Waals surface area contributed by atoms with Crippen LogP contribution in [0.3, 0.4) is 0 Å². The number of aliphatic hydroxyl groups excluding tert-OH is 1. The van der Waals surface area contributed by atoms with E-state index in [1.807, 2.05) is 0 Å². The molecule has 0 bridgehead atoms. The number of carbonyl (C=O) groups excluding carboxylic acids is 1. The Labute approximate surface area is 312 Å². The minimum Gasteiger partial charge on any atom is -0.508 e. The van der Waals surface area contributed by atoms with E-state index in [4.69, 9.17) is 28.4 Å². The number of rotatable bonds is 8. The van der Waals surface area contributed by atoms with Gasteiger partial charge in [-0.25, -0.2) is 4.79 Å². The topological polar surface area (TPSA) is 234 Å². The molecule has 7 rings (SSSR count). The monoisotopic (exact) mass is 756 g/mol. The SMILES string of the molecule is COc1cc(C(=O)O[C@@H]2Cc3c(O)cc(O)c(C4c5c(O)cc(O)cc5O[C@H](c5ccc(O)cc5)[C@@H]4O)c3O[C@@H]2c2ccc(O)c(O)c2)cc(OC)c1OC. The van der Waals surface area contributed by atoms with E-state index in [0.717, 1.165) is 12.1 Å². The van der Waals surface area contributed by atoms with Gasteiger partial charge in [-0.2, -0.15) is 0 Å². The molecule has 0 radical (unpaired) electrons. The third-order valence-corrected chi connectivity index (χ3v) is 9.71. The van der Waals surface area contributed by atoms with E-state index in [-0.39, 0.29) is 74.5 Å². The summed E-state index contributed by atoms with van der Waals surface area (Å²) in [6.07, 6.45) is -5.49. The van der Waals surface area contributed by atoms with E-state index in [0.29, 0.717) is 5.56 Å². The number of methoxy groups -OCH3 is 3. The smallest absolute Gasteiger partial charge is 0.338 e. The zero-order valence-electron chi connectivity index (χ0n) is 29.5. The molecule has 0 spiro atoms. The van der Waals surface area contributed by atoms with Gasteiger partial charge in [-0.15, -0.1) is 0 Å². The molecule has 55 heavy (non-hydrogen) atoms. The van der Waals surface area contributed by atoms with E-state index in [9.17, 15) is 45.6 Å². The molecular weight excluding hydrogens is 720 g/mol. The van der Waals surface area contributed by atoms with Crippen molar-refractivity contribution in [3.63, 3.8) is 0 Å². The van der Waals surface area contributed by atoms with Gasteiger partial charge < -0.3 is 69.3 Å². The van der Waals surface area contributed by atoms with Crippen molar-refractivity contribution >= 4 is 5.97 Å². The van der Waals surface area contributed by atoms with Gasteiger partial charge >= 0.3 is 5.97 Å². The Kier molecular flexibility index (Phi) is 9.40. The third kappa shape index (κ3) is 6.44. The van der Waals surface area contributed by atoms with E-state index in [1.165, 1.54) is 82.0 Å². The highest BCUT2D eigenvalue weighted by Gasteiger charge is 2.47. The van der Waals surface area contributed by atoms with Gasteiger partial charge in [0.2, 0.25) is 5.75 Å². The Morgan fingerprint density at radius 1 is 0.636 bits per heavy atom. The molecule has 0 saturated heterocycles. The number of phenols is 7. The molecular formula is C40H36O15. The number of hydrogen-bond acceptors (Lipinski definition) is 15. The first kappa shape index (κ1) is 36.5. The Balaban J connectivity index is 1.38. The molecule has 286 valence electrons. The quantitative estimate of drug-likeness (QED) is 0.0753. The van der Waals surface area contributed by atoms with Crippen LogP contribution in [0.2, 0.25) is 0 Å². The van der Waals surface area contributed by atoms with Gasteiger partial charge in [-0.1, -0.05) is 18.2 Å². The maximum atomic E-state index is 13.8. The Morgan fingerprint density at radius 2 is 1.29 bits per heavy atom. The van der Waals surface area contributed by atoms with Gasteiger partial charge in [0.1, 0.15) is 52.5 Å². The molecule has 8 N–H and O–H groups in total.